The smallest absolute Gasteiger partial charge is 0.245 e. The Morgan fingerprint density at radius 2 is 1.96 bits per heavy atom. The molecule has 3 heterocycles. The molecule has 6 nitrogen and oxygen atoms in total. The normalized spacial score (nSPS) is 15.7. The molecule has 25 heavy (non-hydrogen) atoms. The standard InChI is InChI=1S/C17H14N4O2S2/c22-25(23,16-7-3-6-15-17(16)20-24-19-15)21-9-8-14-12(10-21)11-4-1-2-5-13(11)18-14/h1-7,18H,8-10H2. The van der Waals surface area contributed by atoms with Gasteiger partial charge in [0, 0.05) is 36.1 Å². The zero-order chi connectivity index (χ0) is 17.0. The number of H-pyrrole nitrogens is 1. The summed E-state index contributed by atoms with van der Waals surface area (Å²) in [7, 11) is -3.62. The molecule has 2 aromatic heterocycles. The van der Waals surface area contributed by atoms with Crippen LogP contribution in [0.2, 0.25) is 0 Å². The minimum Gasteiger partial charge on any atom is -0.358 e. The monoisotopic (exact) mass is 370 g/mol. The molecule has 0 atom stereocenters. The van der Waals surface area contributed by atoms with Gasteiger partial charge >= 0.3 is 0 Å². The van der Waals surface area contributed by atoms with Crippen molar-refractivity contribution >= 4 is 43.7 Å². The summed E-state index contributed by atoms with van der Waals surface area (Å²) in [5.74, 6) is 0. The number of hydrogen-bond acceptors (Lipinski definition) is 5. The predicted molar refractivity (Wildman–Crippen MR) is 97.0 cm³/mol. The maximum Gasteiger partial charge on any atom is 0.245 e. The van der Waals surface area contributed by atoms with Gasteiger partial charge in [-0.1, -0.05) is 24.3 Å². The van der Waals surface area contributed by atoms with Crippen LogP contribution in [-0.4, -0.2) is 33.0 Å². The van der Waals surface area contributed by atoms with Crippen LogP contribution in [0.3, 0.4) is 0 Å². The molecule has 5 rings (SSSR count). The molecule has 1 aliphatic heterocycles. The second-order valence-electron chi connectivity index (χ2n) is 6.10. The maximum absolute atomic E-state index is 13.2. The van der Waals surface area contributed by atoms with Crippen LogP contribution in [0.5, 0.6) is 0 Å². The van der Waals surface area contributed by atoms with Gasteiger partial charge in [0.05, 0.1) is 11.7 Å². The van der Waals surface area contributed by atoms with E-state index in [9.17, 15) is 8.42 Å². The minimum atomic E-state index is -3.62. The average Bonchev–Trinajstić information content (AvgIpc) is 3.25. The van der Waals surface area contributed by atoms with Crippen molar-refractivity contribution in [1.82, 2.24) is 18.0 Å². The lowest BCUT2D eigenvalue weighted by molar-refractivity contribution is 0.391. The lowest BCUT2D eigenvalue weighted by atomic mass is 10.1. The van der Waals surface area contributed by atoms with E-state index in [-0.39, 0.29) is 4.90 Å². The molecule has 1 N–H and O–H groups in total. The minimum absolute atomic E-state index is 0.238. The zero-order valence-electron chi connectivity index (χ0n) is 13.1. The number of aromatic nitrogens is 3. The quantitative estimate of drug-likeness (QED) is 0.588. The first-order valence-electron chi connectivity index (χ1n) is 7.94. The molecule has 0 radical (unpaired) electrons. The first kappa shape index (κ1) is 15.0. The van der Waals surface area contributed by atoms with Crippen LogP contribution in [0.4, 0.5) is 0 Å². The van der Waals surface area contributed by atoms with E-state index in [2.05, 4.69) is 13.7 Å². The van der Waals surface area contributed by atoms with Crippen molar-refractivity contribution in [2.75, 3.05) is 6.54 Å². The highest BCUT2D eigenvalue weighted by Gasteiger charge is 2.32. The molecular formula is C17H14N4O2S2. The number of sulfonamides is 1. The number of hydrogen-bond donors (Lipinski definition) is 1. The van der Waals surface area contributed by atoms with Gasteiger partial charge in [0.15, 0.2) is 0 Å². The lowest BCUT2D eigenvalue weighted by Gasteiger charge is -2.26. The van der Waals surface area contributed by atoms with E-state index in [1.54, 1.807) is 22.5 Å². The number of fused-ring (bicyclic) bond motifs is 4. The second-order valence-corrected chi connectivity index (χ2v) is 8.54. The fourth-order valence-electron chi connectivity index (χ4n) is 3.48. The van der Waals surface area contributed by atoms with E-state index in [0.717, 1.165) is 33.9 Å². The number of benzene rings is 2. The Morgan fingerprint density at radius 1 is 1.08 bits per heavy atom. The third kappa shape index (κ3) is 2.21. The number of nitrogens with one attached hydrogen (secondary N) is 1. The SMILES string of the molecule is O=S(=O)(c1cccc2nsnc12)N1CCc2[nH]c3ccccc3c2C1. The first-order chi connectivity index (χ1) is 12.1. The van der Waals surface area contributed by atoms with Gasteiger partial charge in [-0.15, -0.1) is 0 Å². The molecule has 1 aliphatic rings. The predicted octanol–water partition coefficient (Wildman–Crippen LogP) is 2.92. The topological polar surface area (TPSA) is 79.0 Å². The molecule has 0 spiro atoms. The van der Waals surface area contributed by atoms with E-state index < -0.39 is 10.0 Å². The van der Waals surface area contributed by atoms with E-state index in [0.29, 0.717) is 30.5 Å². The maximum atomic E-state index is 13.2. The Labute approximate surface area is 148 Å². The largest absolute Gasteiger partial charge is 0.358 e. The third-order valence-corrected chi connectivity index (χ3v) is 7.13. The Morgan fingerprint density at radius 3 is 2.88 bits per heavy atom. The van der Waals surface area contributed by atoms with Crippen molar-refractivity contribution in [3.8, 4) is 0 Å². The summed E-state index contributed by atoms with van der Waals surface area (Å²) in [6, 6.07) is 13.1. The van der Waals surface area contributed by atoms with Crippen LogP contribution in [0.15, 0.2) is 47.4 Å². The van der Waals surface area contributed by atoms with Gasteiger partial charge in [-0.25, -0.2) is 8.42 Å². The number of aromatic amines is 1. The van der Waals surface area contributed by atoms with Gasteiger partial charge in [-0.05, 0) is 23.8 Å². The Balaban J connectivity index is 1.61. The molecule has 0 saturated carbocycles. The molecule has 0 amide bonds. The fourth-order valence-corrected chi connectivity index (χ4v) is 5.64. The molecular weight excluding hydrogens is 356 g/mol. The molecule has 2 aromatic carbocycles. The highest BCUT2D eigenvalue weighted by molar-refractivity contribution is 7.89. The fraction of sp³-hybridized carbons (Fsp3) is 0.176. The third-order valence-electron chi connectivity index (χ3n) is 4.71. The van der Waals surface area contributed by atoms with Gasteiger partial charge in [-0.3, -0.25) is 0 Å². The van der Waals surface area contributed by atoms with Crippen molar-refractivity contribution in [2.24, 2.45) is 0 Å². The summed E-state index contributed by atoms with van der Waals surface area (Å²) in [5.41, 5.74) is 4.32. The zero-order valence-corrected chi connectivity index (χ0v) is 14.8. The van der Waals surface area contributed by atoms with Crippen LogP contribution in [0.1, 0.15) is 11.3 Å². The molecule has 0 bridgehead atoms. The second kappa shape index (κ2) is 5.35. The molecule has 0 fully saturated rings. The van der Waals surface area contributed by atoms with Crippen molar-refractivity contribution in [1.29, 1.82) is 0 Å². The summed E-state index contributed by atoms with van der Waals surface area (Å²) >= 11 is 1.03. The highest BCUT2D eigenvalue weighted by atomic mass is 32.2. The van der Waals surface area contributed by atoms with Crippen LogP contribution < -0.4 is 0 Å². The molecule has 0 saturated heterocycles. The van der Waals surface area contributed by atoms with E-state index in [4.69, 9.17) is 0 Å². The van der Waals surface area contributed by atoms with Crippen LogP contribution in [0, 0.1) is 0 Å². The van der Waals surface area contributed by atoms with Crippen molar-refractivity contribution in [3.05, 3.63) is 53.7 Å². The first-order valence-corrected chi connectivity index (χ1v) is 10.1. The summed E-state index contributed by atoms with van der Waals surface area (Å²) in [4.78, 5) is 3.65. The van der Waals surface area contributed by atoms with E-state index in [1.165, 1.54) is 0 Å². The summed E-state index contributed by atoms with van der Waals surface area (Å²) in [5, 5.41) is 1.09. The summed E-state index contributed by atoms with van der Waals surface area (Å²) in [6.45, 7) is 0.825. The molecule has 0 aliphatic carbocycles. The van der Waals surface area contributed by atoms with E-state index >= 15 is 0 Å². The Hall–Kier alpha value is -2.29. The summed E-state index contributed by atoms with van der Waals surface area (Å²) < 4.78 is 36.3. The van der Waals surface area contributed by atoms with Gasteiger partial charge in [0.1, 0.15) is 15.9 Å². The van der Waals surface area contributed by atoms with Gasteiger partial charge in [0.2, 0.25) is 10.0 Å². The van der Waals surface area contributed by atoms with Crippen LogP contribution in [0.25, 0.3) is 21.9 Å². The lowest BCUT2D eigenvalue weighted by Crippen LogP contribution is -2.35. The number of para-hydroxylation sites is 1. The van der Waals surface area contributed by atoms with Gasteiger partial charge < -0.3 is 4.98 Å². The van der Waals surface area contributed by atoms with E-state index in [1.807, 2.05) is 24.3 Å². The number of rotatable bonds is 2. The van der Waals surface area contributed by atoms with Gasteiger partial charge in [0.25, 0.3) is 0 Å². The summed E-state index contributed by atoms with van der Waals surface area (Å²) in [6.07, 6.45) is 0.675. The average molecular weight is 370 g/mol. The Kier molecular flexibility index (Phi) is 3.21. The highest BCUT2D eigenvalue weighted by Crippen LogP contribution is 2.32. The number of nitrogens with zero attached hydrogens (tertiary/aromatic N) is 3. The molecule has 0 unspecified atom stereocenters. The van der Waals surface area contributed by atoms with Crippen molar-refractivity contribution < 1.29 is 8.42 Å². The van der Waals surface area contributed by atoms with Crippen molar-refractivity contribution in [2.45, 2.75) is 17.9 Å². The molecule has 8 heteroatoms. The Bertz CT molecular complexity index is 1210. The van der Waals surface area contributed by atoms with Crippen LogP contribution in [-0.2, 0) is 23.0 Å². The van der Waals surface area contributed by atoms with Gasteiger partial charge in [-0.2, -0.15) is 13.1 Å². The molecule has 4 aromatic rings. The molecule has 126 valence electrons. The van der Waals surface area contributed by atoms with Crippen molar-refractivity contribution in [3.63, 3.8) is 0 Å². The van der Waals surface area contributed by atoms with Crippen LogP contribution >= 0.6 is 11.7 Å².